The Hall–Kier alpha value is -2.45. The Morgan fingerprint density at radius 2 is 1.89 bits per heavy atom. The Morgan fingerprint density at radius 3 is 2.56 bits per heavy atom. The van der Waals surface area contributed by atoms with Crippen LogP contribution in [0.15, 0.2) is 53.6 Å². The number of hydrogen-bond acceptors (Lipinski definition) is 5. The number of amides is 1. The molecule has 1 heterocycles. The Labute approximate surface area is 160 Å². The zero-order valence-corrected chi connectivity index (χ0v) is 16.2. The van der Waals surface area contributed by atoms with Crippen LogP contribution in [0.25, 0.3) is 0 Å². The van der Waals surface area contributed by atoms with Gasteiger partial charge >= 0.3 is 0 Å². The lowest BCUT2D eigenvalue weighted by atomic mass is 10.1. The summed E-state index contributed by atoms with van der Waals surface area (Å²) in [5.41, 5.74) is 2.48. The van der Waals surface area contributed by atoms with Crippen molar-refractivity contribution >= 4 is 21.7 Å². The molecule has 8 heteroatoms. The lowest BCUT2D eigenvalue weighted by molar-refractivity contribution is -0.129. The highest BCUT2D eigenvalue weighted by molar-refractivity contribution is 7.92. The molecular weight excluding hydrogens is 366 g/mol. The number of nitrogens with zero attached hydrogens (tertiary/aromatic N) is 2. The van der Waals surface area contributed by atoms with Crippen LogP contribution >= 0.6 is 0 Å². The van der Waals surface area contributed by atoms with Crippen molar-refractivity contribution in [2.75, 3.05) is 10.8 Å². The van der Waals surface area contributed by atoms with Crippen LogP contribution in [0, 0.1) is 6.92 Å². The fourth-order valence-corrected chi connectivity index (χ4v) is 4.28. The van der Waals surface area contributed by atoms with E-state index in [1.54, 1.807) is 48.1 Å². The highest BCUT2D eigenvalue weighted by Gasteiger charge is 2.25. The number of unbranched alkanes of at least 4 members (excludes halogenated alkanes) is 3. The van der Waals surface area contributed by atoms with E-state index in [4.69, 9.17) is 5.21 Å². The largest absolute Gasteiger partial charge is 0.289 e. The molecule has 7 nitrogen and oxygen atoms in total. The molecule has 1 amide bonds. The van der Waals surface area contributed by atoms with Crippen LogP contribution in [0.3, 0.4) is 0 Å². The maximum atomic E-state index is 13.1. The summed E-state index contributed by atoms with van der Waals surface area (Å²) in [4.78, 5) is 15.4. The predicted octanol–water partition coefficient (Wildman–Crippen LogP) is 3.04. The van der Waals surface area contributed by atoms with Gasteiger partial charge in [-0.3, -0.25) is 10.0 Å². The normalized spacial score (nSPS) is 11.2. The fraction of sp³-hybridized carbons (Fsp3) is 0.368. The number of aromatic nitrogens is 1. The predicted molar refractivity (Wildman–Crippen MR) is 103 cm³/mol. The summed E-state index contributed by atoms with van der Waals surface area (Å²) in [5.74, 6) is -0.0224. The van der Waals surface area contributed by atoms with E-state index in [-0.39, 0.29) is 11.3 Å². The third-order valence-electron chi connectivity index (χ3n) is 4.12. The molecule has 0 atom stereocenters. The average molecular weight is 391 g/mol. The molecule has 0 fully saturated rings. The number of carbonyl (C=O) groups excluding carboxylic acids is 1. The third-order valence-corrected chi connectivity index (χ3v) is 5.92. The van der Waals surface area contributed by atoms with E-state index in [1.807, 2.05) is 13.0 Å². The first kappa shape index (κ1) is 20.9. The number of hydrogen-bond donors (Lipinski definition) is 2. The van der Waals surface area contributed by atoms with Gasteiger partial charge in [0.05, 0.1) is 4.90 Å². The maximum absolute atomic E-state index is 13.1. The SMILES string of the molecule is Cc1cccc(S(=O)(=O)N(CCCCCCC(=O)NO)c2ccccn2)c1. The molecule has 146 valence electrons. The van der Waals surface area contributed by atoms with E-state index in [9.17, 15) is 13.2 Å². The first-order valence-electron chi connectivity index (χ1n) is 8.88. The topological polar surface area (TPSA) is 99.6 Å². The molecule has 0 aliphatic carbocycles. The van der Waals surface area contributed by atoms with Gasteiger partial charge in [0, 0.05) is 19.2 Å². The second-order valence-electron chi connectivity index (χ2n) is 6.28. The molecule has 2 aromatic rings. The summed E-state index contributed by atoms with van der Waals surface area (Å²) >= 11 is 0. The Bertz CT molecular complexity index is 841. The minimum absolute atomic E-state index is 0.243. The molecule has 0 radical (unpaired) electrons. The van der Waals surface area contributed by atoms with Crippen molar-refractivity contribution in [2.45, 2.75) is 43.9 Å². The first-order chi connectivity index (χ1) is 12.9. The molecule has 2 N–H and O–H groups in total. The first-order valence-corrected chi connectivity index (χ1v) is 10.3. The lowest BCUT2D eigenvalue weighted by Gasteiger charge is -2.23. The summed E-state index contributed by atoms with van der Waals surface area (Å²) in [7, 11) is -3.71. The number of rotatable bonds is 10. The van der Waals surface area contributed by atoms with Crippen molar-refractivity contribution in [3.05, 3.63) is 54.2 Å². The van der Waals surface area contributed by atoms with Crippen LogP contribution in [0.4, 0.5) is 5.82 Å². The highest BCUT2D eigenvalue weighted by atomic mass is 32.2. The van der Waals surface area contributed by atoms with Gasteiger partial charge < -0.3 is 0 Å². The maximum Gasteiger partial charge on any atom is 0.265 e. The van der Waals surface area contributed by atoms with E-state index >= 15 is 0 Å². The van der Waals surface area contributed by atoms with Crippen molar-refractivity contribution in [3.63, 3.8) is 0 Å². The Kier molecular flexibility index (Phi) is 7.75. The quantitative estimate of drug-likeness (QED) is 0.368. The molecule has 1 aromatic carbocycles. The molecule has 0 saturated carbocycles. The van der Waals surface area contributed by atoms with E-state index in [0.717, 1.165) is 18.4 Å². The van der Waals surface area contributed by atoms with E-state index in [0.29, 0.717) is 25.2 Å². The molecule has 0 aliphatic rings. The van der Waals surface area contributed by atoms with Crippen molar-refractivity contribution < 1.29 is 18.4 Å². The van der Waals surface area contributed by atoms with Crippen LogP contribution in [-0.4, -0.2) is 31.1 Å². The van der Waals surface area contributed by atoms with Gasteiger partial charge in [0.1, 0.15) is 5.82 Å². The van der Waals surface area contributed by atoms with Gasteiger partial charge in [-0.25, -0.2) is 23.2 Å². The van der Waals surface area contributed by atoms with Gasteiger partial charge in [-0.1, -0.05) is 31.0 Å². The Balaban J connectivity index is 2.08. The van der Waals surface area contributed by atoms with Crippen molar-refractivity contribution in [1.82, 2.24) is 10.5 Å². The molecule has 0 saturated heterocycles. The van der Waals surface area contributed by atoms with Gasteiger partial charge in [0.25, 0.3) is 10.0 Å². The zero-order valence-electron chi connectivity index (χ0n) is 15.3. The fourth-order valence-electron chi connectivity index (χ4n) is 2.71. The summed E-state index contributed by atoms with van der Waals surface area (Å²) in [6, 6.07) is 12.0. The molecule has 0 unspecified atom stereocenters. The third kappa shape index (κ3) is 6.04. The number of aryl methyl sites for hydroxylation is 1. The van der Waals surface area contributed by atoms with E-state index in [1.165, 1.54) is 4.31 Å². The highest BCUT2D eigenvalue weighted by Crippen LogP contribution is 2.23. The van der Waals surface area contributed by atoms with Crippen molar-refractivity contribution in [3.8, 4) is 0 Å². The van der Waals surface area contributed by atoms with Crippen LogP contribution < -0.4 is 9.79 Å². The second-order valence-corrected chi connectivity index (χ2v) is 8.14. The average Bonchev–Trinajstić information content (AvgIpc) is 2.67. The van der Waals surface area contributed by atoms with E-state index in [2.05, 4.69) is 4.98 Å². The number of pyridine rings is 1. The number of hydroxylamine groups is 1. The van der Waals surface area contributed by atoms with Crippen LogP contribution in [-0.2, 0) is 14.8 Å². The van der Waals surface area contributed by atoms with Crippen molar-refractivity contribution in [2.24, 2.45) is 0 Å². The molecular formula is C19H25N3O4S. The van der Waals surface area contributed by atoms with Gasteiger partial charge in [0.15, 0.2) is 0 Å². The standard InChI is InChI=1S/C19H25N3O4S/c1-16-9-8-10-17(15-16)27(25,26)22(18-11-5-6-13-20-18)14-7-3-2-4-12-19(23)21-24/h5-6,8-11,13,15,24H,2-4,7,12,14H2,1H3,(H,21,23). The number of anilines is 1. The zero-order chi connectivity index (χ0) is 19.7. The smallest absolute Gasteiger partial charge is 0.265 e. The minimum Gasteiger partial charge on any atom is -0.289 e. The summed E-state index contributed by atoms with van der Waals surface area (Å²) in [6.45, 7) is 2.16. The van der Waals surface area contributed by atoms with Gasteiger partial charge in [-0.05, 0) is 49.6 Å². The molecule has 27 heavy (non-hydrogen) atoms. The Morgan fingerprint density at radius 1 is 1.11 bits per heavy atom. The van der Waals surface area contributed by atoms with Crippen molar-refractivity contribution in [1.29, 1.82) is 0 Å². The van der Waals surface area contributed by atoms with Gasteiger partial charge in [-0.15, -0.1) is 0 Å². The number of sulfonamides is 1. The molecule has 0 bridgehead atoms. The summed E-state index contributed by atoms with van der Waals surface area (Å²) in [5, 5.41) is 8.47. The van der Waals surface area contributed by atoms with Crippen LogP contribution in [0.2, 0.25) is 0 Å². The number of carbonyl (C=O) groups is 1. The summed E-state index contributed by atoms with van der Waals surface area (Å²) < 4.78 is 27.6. The van der Waals surface area contributed by atoms with Gasteiger partial charge in [-0.2, -0.15) is 0 Å². The number of nitrogens with one attached hydrogen (secondary N) is 1. The summed E-state index contributed by atoms with van der Waals surface area (Å²) in [6.07, 6.45) is 4.64. The second kappa shape index (κ2) is 10.0. The molecule has 0 aliphatic heterocycles. The molecule has 1 aromatic heterocycles. The molecule has 2 rings (SSSR count). The monoisotopic (exact) mass is 391 g/mol. The van der Waals surface area contributed by atoms with E-state index < -0.39 is 15.9 Å². The lowest BCUT2D eigenvalue weighted by Crippen LogP contribution is -2.32. The number of benzene rings is 1. The minimum atomic E-state index is -3.71. The molecule has 0 spiro atoms. The van der Waals surface area contributed by atoms with Crippen LogP contribution in [0.1, 0.15) is 37.7 Å². The van der Waals surface area contributed by atoms with Crippen LogP contribution in [0.5, 0.6) is 0 Å². The van der Waals surface area contributed by atoms with Gasteiger partial charge in [0.2, 0.25) is 5.91 Å².